The molecule has 1 unspecified atom stereocenters. The molecule has 119 valence electrons. The van der Waals surface area contributed by atoms with Crippen LogP contribution in [0.25, 0.3) is 16.7 Å². The van der Waals surface area contributed by atoms with Crippen molar-refractivity contribution in [1.82, 2.24) is 0 Å². The molecule has 0 aromatic heterocycles. The van der Waals surface area contributed by atoms with E-state index in [4.69, 9.17) is 0 Å². The van der Waals surface area contributed by atoms with Crippen LogP contribution in [0.4, 0.5) is 0 Å². The van der Waals surface area contributed by atoms with Crippen LogP contribution in [0, 0.1) is 6.07 Å². The molecule has 0 spiro atoms. The largest absolute Gasteiger partial charge is 3.00 e. The predicted octanol–water partition coefficient (Wildman–Crippen LogP) is -0.476. The summed E-state index contributed by atoms with van der Waals surface area (Å²) in [7, 11) is 0. The predicted molar refractivity (Wildman–Crippen MR) is 89.1 cm³/mol. The molecule has 0 saturated carbocycles. The second-order valence-electron chi connectivity index (χ2n) is 5.69. The average molecular weight is 431 g/mol. The van der Waals surface area contributed by atoms with Gasteiger partial charge in [0, 0.05) is 0 Å². The van der Waals surface area contributed by atoms with E-state index in [2.05, 4.69) is 67.3 Å². The number of halogens is 2. The van der Waals surface area contributed by atoms with Crippen LogP contribution < -0.4 is 24.8 Å². The van der Waals surface area contributed by atoms with E-state index >= 15 is 0 Å². The molecule has 1 radical (unpaired) electrons. The summed E-state index contributed by atoms with van der Waals surface area (Å²) in [6.45, 7) is 3.93. The maximum Gasteiger partial charge on any atom is 3.00 e. The number of hydrogen-bond donors (Lipinski definition) is 0. The first-order valence-corrected chi connectivity index (χ1v) is 7.51. The molecule has 2 aliphatic carbocycles. The van der Waals surface area contributed by atoms with Crippen molar-refractivity contribution in [2.75, 3.05) is 0 Å². The minimum absolute atomic E-state index is 0. The van der Waals surface area contributed by atoms with Crippen LogP contribution in [0.1, 0.15) is 35.4 Å². The van der Waals surface area contributed by atoms with Crippen LogP contribution in [0.2, 0.25) is 0 Å². The number of benzene rings is 2. The number of rotatable bonds is 3. The van der Waals surface area contributed by atoms with Gasteiger partial charge in [0.15, 0.2) is 0 Å². The number of fused-ring (bicyclic) bond motifs is 3. The third-order valence-corrected chi connectivity index (χ3v) is 4.47. The molecule has 0 heterocycles. The van der Waals surface area contributed by atoms with Gasteiger partial charge in [0.05, 0.1) is 0 Å². The molecule has 4 rings (SSSR count). The maximum atomic E-state index is 3.93. The van der Waals surface area contributed by atoms with Crippen LogP contribution in [0.3, 0.4) is 0 Å². The Labute approximate surface area is 175 Å². The summed E-state index contributed by atoms with van der Waals surface area (Å²) in [6.07, 6.45) is 10.5. The van der Waals surface area contributed by atoms with E-state index in [1.54, 1.807) is 0 Å². The van der Waals surface area contributed by atoms with Gasteiger partial charge in [0.1, 0.15) is 0 Å². The van der Waals surface area contributed by atoms with Crippen molar-refractivity contribution in [2.45, 2.75) is 18.8 Å². The van der Waals surface area contributed by atoms with Gasteiger partial charge in [-0.1, -0.05) is 53.6 Å². The Kier molecular flexibility index (Phi) is 7.93. The number of allylic oxidation sites excluding steroid dienone is 5. The molecule has 2 aliphatic rings. The van der Waals surface area contributed by atoms with Crippen molar-refractivity contribution in [2.24, 2.45) is 0 Å². The van der Waals surface area contributed by atoms with Gasteiger partial charge < -0.3 is 24.8 Å². The van der Waals surface area contributed by atoms with Crippen LogP contribution in [-0.2, 0) is 26.2 Å². The fourth-order valence-electron chi connectivity index (χ4n) is 3.47. The van der Waals surface area contributed by atoms with Crippen LogP contribution in [0.5, 0.6) is 0 Å². The Morgan fingerprint density at radius 1 is 1.08 bits per heavy atom. The van der Waals surface area contributed by atoms with Gasteiger partial charge in [-0.3, -0.25) is 0 Å². The fraction of sp³-hybridized carbons (Fsp3) is 0.143. The summed E-state index contributed by atoms with van der Waals surface area (Å²) in [5, 5.41) is 0. The smallest absolute Gasteiger partial charge is 1.00 e. The Bertz CT molecular complexity index is 790. The van der Waals surface area contributed by atoms with Crippen molar-refractivity contribution in [3.05, 3.63) is 90.0 Å². The van der Waals surface area contributed by atoms with E-state index in [1.165, 1.54) is 33.4 Å². The topological polar surface area (TPSA) is 0 Å². The first-order chi connectivity index (χ1) is 10.4. The molecule has 24 heavy (non-hydrogen) atoms. The Balaban J connectivity index is 0.000000960. The zero-order valence-electron chi connectivity index (χ0n) is 13.2. The van der Waals surface area contributed by atoms with Gasteiger partial charge in [0.2, 0.25) is 0 Å². The zero-order chi connectivity index (χ0) is 14.2. The quantitative estimate of drug-likeness (QED) is 0.455. The molecule has 2 aromatic carbocycles. The van der Waals surface area contributed by atoms with Crippen molar-refractivity contribution in [3.8, 4) is 11.1 Å². The third kappa shape index (κ3) is 3.54. The fourth-order valence-corrected chi connectivity index (χ4v) is 3.47. The molecule has 0 amide bonds. The monoisotopic (exact) mass is 429 g/mol. The maximum absolute atomic E-state index is 3.93. The van der Waals surface area contributed by atoms with Gasteiger partial charge >= 0.3 is 26.2 Å². The van der Waals surface area contributed by atoms with Crippen molar-refractivity contribution >= 4 is 5.57 Å². The van der Waals surface area contributed by atoms with Gasteiger partial charge in [-0.2, -0.15) is 0 Å². The minimum atomic E-state index is 0. The van der Waals surface area contributed by atoms with Gasteiger partial charge in [-0.15, -0.1) is 47.6 Å². The van der Waals surface area contributed by atoms with E-state index in [0.29, 0.717) is 5.92 Å². The zero-order valence-corrected chi connectivity index (χ0v) is 17.2. The molecule has 1 atom stereocenters. The molecule has 0 aliphatic heterocycles. The Hall–Kier alpha value is -0.877. The molecule has 0 N–H and O–H groups in total. The number of hydrogen-bond acceptors (Lipinski definition) is 0. The molecule has 3 heteroatoms. The Morgan fingerprint density at radius 3 is 2.58 bits per heavy atom. The normalized spacial score (nSPS) is 16.0. The van der Waals surface area contributed by atoms with E-state index in [0.717, 1.165) is 12.8 Å². The third-order valence-electron chi connectivity index (χ3n) is 4.47. The summed E-state index contributed by atoms with van der Waals surface area (Å²) in [6, 6.07) is 16.9. The first-order valence-electron chi connectivity index (χ1n) is 7.51. The van der Waals surface area contributed by atoms with E-state index in [-0.39, 0.29) is 51.0 Å². The van der Waals surface area contributed by atoms with Crippen LogP contribution in [0.15, 0.2) is 67.3 Å². The Morgan fingerprint density at radius 2 is 1.88 bits per heavy atom. The van der Waals surface area contributed by atoms with E-state index in [9.17, 15) is 0 Å². The summed E-state index contributed by atoms with van der Waals surface area (Å²) in [5.41, 5.74) is 8.06. The first kappa shape index (κ1) is 21.2. The van der Waals surface area contributed by atoms with Crippen LogP contribution >= 0.6 is 0 Å². The SMILES string of the molecule is C=CCC1c2[c-]c(C3=CC=CC3)ccc2-c2ccccc21.[Cl-].[Cl-].[Zr+3]. The summed E-state index contributed by atoms with van der Waals surface area (Å²) >= 11 is 0. The molecule has 0 nitrogen and oxygen atoms in total. The van der Waals surface area contributed by atoms with Gasteiger partial charge in [-0.25, -0.2) is 0 Å². The molecule has 0 saturated heterocycles. The second-order valence-corrected chi connectivity index (χ2v) is 5.69. The summed E-state index contributed by atoms with van der Waals surface area (Å²) in [5.74, 6) is 0.406. The van der Waals surface area contributed by atoms with E-state index < -0.39 is 0 Å². The summed E-state index contributed by atoms with van der Waals surface area (Å²) < 4.78 is 0. The van der Waals surface area contributed by atoms with Crippen LogP contribution in [-0.4, -0.2) is 0 Å². The van der Waals surface area contributed by atoms with Gasteiger partial charge in [0.25, 0.3) is 0 Å². The molecule has 0 bridgehead atoms. The standard InChI is InChI=1S/C21H17.2ClH.Zr/c1-2-7-17-18-10-5-6-11-19(18)20-13-12-16(14-21(17)20)15-8-3-4-9-15;;;/h2-6,8,10-13,17H,1,7,9H2;2*1H;/q-1;;;+3/p-2. The molecular weight excluding hydrogens is 414 g/mol. The molecule has 2 aromatic rings. The second kappa shape index (κ2) is 9.00. The minimum Gasteiger partial charge on any atom is -1.00 e. The molecule has 0 fully saturated rings. The summed E-state index contributed by atoms with van der Waals surface area (Å²) in [4.78, 5) is 0. The van der Waals surface area contributed by atoms with Crippen molar-refractivity contribution in [3.63, 3.8) is 0 Å². The average Bonchev–Trinajstić information content (AvgIpc) is 3.15. The molecular formula is C21H17Cl2Zr. The van der Waals surface area contributed by atoms with Crippen molar-refractivity contribution < 1.29 is 51.0 Å². The van der Waals surface area contributed by atoms with Crippen molar-refractivity contribution in [1.29, 1.82) is 0 Å². The van der Waals surface area contributed by atoms with Gasteiger partial charge in [-0.05, 0) is 24.3 Å². The van der Waals surface area contributed by atoms with E-state index in [1.807, 2.05) is 6.08 Å².